The normalized spacial score (nSPS) is 19.9. The summed E-state index contributed by atoms with van der Waals surface area (Å²) in [6.45, 7) is 4.65. The van der Waals surface area contributed by atoms with Crippen LogP contribution in [0, 0.1) is 0 Å². The molecule has 7 heteroatoms. The van der Waals surface area contributed by atoms with E-state index >= 15 is 0 Å². The van der Waals surface area contributed by atoms with Crippen LogP contribution in [0.5, 0.6) is 11.5 Å². The van der Waals surface area contributed by atoms with E-state index in [1.165, 1.54) is 0 Å². The highest BCUT2D eigenvalue weighted by atomic mass is 16.5. The topological polar surface area (TPSA) is 70.7 Å². The minimum atomic E-state index is -0.0529. The highest BCUT2D eigenvalue weighted by Gasteiger charge is 2.26. The zero-order valence-corrected chi connectivity index (χ0v) is 16.6. The largest absolute Gasteiger partial charge is 0.497 e. The maximum Gasteiger partial charge on any atom is 0.252 e. The van der Waals surface area contributed by atoms with Crippen LogP contribution in [-0.4, -0.2) is 55.3 Å². The molecule has 28 heavy (non-hydrogen) atoms. The zero-order chi connectivity index (χ0) is 19.5. The molecular formula is C21H28N4O3. The quantitative estimate of drug-likeness (QED) is 0.825. The molecule has 2 fully saturated rings. The molecule has 2 saturated heterocycles. The van der Waals surface area contributed by atoms with Crippen molar-refractivity contribution in [1.82, 2.24) is 14.9 Å². The van der Waals surface area contributed by atoms with Gasteiger partial charge in [0.1, 0.15) is 11.5 Å². The molecule has 2 aliphatic heterocycles. The van der Waals surface area contributed by atoms with Crippen LogP contribution in [0.3, 0.4) is 0 Å². The Morgan fingerprint density at radius 1 is 1.07 bits per heavy atom. The summed E-state index contributed by atoms with van der Waals surface area (Å²) >= 11 is 0. The number of nitrogens with one attached hydrogen (secondary N) is 1. The van der Waals surface area contributed by atoms with E-state index in [0.717, 1.165) is 80.7 Å². The minimum absolute atomic E-state index is 0.0529. The Kier molecular flexibility index (Phi) is 5.52. The van der Waals surface area contributed by atoms with Crippen LogP contribution < -0.4 is 19.9 Å². The van der Waals surface area contributed by atoms with Crippen molar-refractivity contribution in [3.63, 3.8) is 0 Å². The van der Waals surface area contributed by atoms with Crippen molar-refractivity contribution in [3.8, 4) is 11.5 Å². The number of aromatic amines is 1. The van der Waals surface area contributed by atoms with Gasteiger partial charge in [0.25, 0.3) is 5.56 Å². The summed E-state index contributed by atoms with van der Waals surface area (Å²) < 4.78 is 10.8. The average molecular weight is 384 g/mol. The number of H-pyrrole nitrogens is 1. The minimum Gasteiger partial charge on any atom is -0.497 e. The van der Waals surface area contributed by atoms with Gasteiger partial charge in [0.2, 0.25) is 5.95 Å². The number of hydrogen-bond donors (Lipinski definition) is 1. The summed E-state index contributed by atoms with van der Waals surface area (Å²) in [5.41, 5.74) is 2.02. The Labute approximate surface area is 165 Å². The standard InChI is InChI=1S/C21H28N4O3/c1-27-17-9-15(10-18(11-17)28-2)13-24-8-5-16(14-24)19-12-20(26)23-21(22-19)25-6-3-4-7-25/h9-12,16H,3-8,13-14H2,1-2H3,(H,22,23,26). The van der Waals surface area contributed by atoms with Crippen LogP contribution in [0.2, 0.25) is 0 Å². The number of anilines is 1. The lowest BCUT2D eigenvalue weighted by Gasteiger charge is -2.19. The molecule has 0 saturated carbocycles. The zero-order valence-electron chi connectivity index (χ0n) is 16.6. The number of nitrogens with zero attached hydrogens (tertiary/aromatic N) is 3. The predicted molar refractivity (Wildman–Crippen MR) is 108 cm³/mol. The number of ether oxygens (including phenoxy) is 2. The lowest BCUT2D eigenvalue weighted by Crippen LogP contribution is -2.25. The summed E-state index contributed by atoms with van der Waals surface area (Å²) in [6.07, 6.45) is 3.33. The molecule has 4 rings (SSSR count). The Morgan fingerprint density at radius 2 is 1.79 bits per heavy atom. The third-order valence-electron chi connectivity index (χ3n) is 5.66. The summed E-state index contributed by atoms with van der Waals surface area (Å²) in [5, 5.41) is 0. The highest BCUT2D eigenvalue weighted by molar-refractivity contribution is 5.38. The predicted octanol–water partition coefficient (Wildman–Crippen LogP) is 2.38. The first-order chi connectivity index (χ1) is 13.6. The van der Waals surface area contributed by atoms with Crippen LogP contribution in [0.1, 0.15) is 36.4 Å². The fourth-order valence-corrected chi connectivity index (χ4v) is 4.18. The van der Waals surface area contributed by atoms with Crippen molar-refractivity contribution in [2.45, 2.75) is 31.7 Å². The van der Waals surface area contributed by atoms with Crippen molar-refractivity contribution in [1.29, 1.82) is 0 Å². The lowest BCUT2D eigenvalue weighted by molar-refractivity contribution is 0.323. The molecule has 2 aliphatic rings. The van der Waals surface area contributed by atoms with Gasteiger partial charge in [-0.3, -0.25) is 14.7 Å². The van der Waals surface area contributed by atoms with E-state index in [-0.39, 0.29) is 11.5 Å². The molecule has 1 aromatic heterocycles. The van der Waals surface area contributed by atoms with Crippen LogP contribution in [0.4, 0.5) is 5.95 Å². The molecule has 1 N–H and O–H groups in total. The number of methoxy groups -OCH3 is 2. The van der Waals surface area contributed by atoms with Crippen molar-refractivity contribution >= 4 is 5.95 Å². The van der Waals surface area contributed by atoms with E-state index < -0.39 is 0 Å². The van der Waals surface area contributed by atoms with Gasteiger partial charge in [0, 0.05) is 44.2 Å². The fourth-order valence-electron chi connectivity index (χ4n) is 4.18. The molecule has 0 bridgehead atoms. The van der Waals surface area contributed by atoms with Crippen molar-refractivity contribution < 1.29 is 9.47 Å². The van der Waals surface area contributed by atoms with E-state index in [2.05, 4.69) is 14.8 Å². The Hall–Kier alpha value is -2.54. The second kappa shape index (κ2) is 8.22. The molecule has 7 nitrogen and oxygen atoms in total. The molecule has 1 aromatic carbocycles. The van der Waals surface area contributed by atoms with Crippen LogP contribution in [0.15, 0.2) is 29.1 Å². The molecule has 0 radical (unpaired) electrons. The number of likely N-dealkylation sites (tertiary alicyclic amines) is 1. The SMILES string of the molecule is COc1cc(CN2CCC(c3cc(=O)[nH]c(N4CCCC4)n3)C2)cc(OC)c1. The van der Waals surface area contributed by atoms with Crippen LogP contribution in [-0.2, 0) is 6.54 Å². The maximum absolute atomic E-state index is 12.2. The van der Waals surface area contributed by atoms with E-state index in [9.17, 15) is 4.79 Å². The van der Waals surface area contributed by atoms with Gasteiger partial charge in [-0.05, 0) is 43.5 Å². The molecule has 0 amide bonds. The van der Waals surface area contributed by atoms with E-state index in [0.29, 0.717) is 0 Å². The van der Waals surface area contributed by atoms with Crippen LogP contribution >= 0.6 is 0 Å². The Morgan fingerprint density at radius 3 is 2.46 bits per heavy atom. The fraction of sp³-hybridized carbons (Fsp3) is 0.524. The van der Waals surface area contributed by atoms with Gasteiger partial charge in [-0.1, -0.05) is 0 Å². The highest BCUT2D eigenvalue weighted by Crippen LogP contribution is 2.29. The lowest BCUT2D eigenvalue weighted by atomic mass is 10.0. The number of benzene rings is 1. The molecule has 1 unspecified atom stereocenters. The van der Waals surface area contributed by atoms with E-state index in [4.69, 9.17) is 14.5 Å². The number of hydrogen-bond acceptors (Lipinski definition) is 6. The maximum atomic E-state index is 12.2. The smallest absolute Gasteiger partial charge is 0.252 e. The molecule has 1 atom stereocenters. The van der Waals surface area contributed by atoms with Crippen molar-refractivity contribution in [2.75, 3.05) is 45.3 Å². The van der Waals surface area contributed by atoms with Gasteiger partial charge in [-0.25, -0.2) is 4.98 Å². The monoisotopic (exact) mass is 384 g/mol. The average Bonchev–Trinajstić information content (AvgIpc) is 3.39. The Bertz CT molecular complexity index is 854. The third kappa shape index (κ3) is 4.14. The van der Waals surface area contributed by atoms with Crippen molar-refractivity contribution in [3.05, 3.63) is 45.9 Å². The molecule has 3 heterocycles. The first kappa shape index (κ1) is 18.8. The second-order valence-electron chi connectivity index (χ2n) is 7.63. The van der Waals surface area contributed by atoms with E-state index in [1.54, 1.807) is 20.3 Å². The Balaban J connectivity index is 1.46. The summed E-state index contributed by atoms with van der Waals surface area (Å²) in [6, 6.07) is 7.65. The van der Waals surface area contributed by atoms with Gasteiger partial charge in [-0.15, -0.1) is 0 Å². The van der Waals surface area contributed by atoms with Crippen LogP contribution in [0.25, 0.3) is 0 Å². The summed E-state index contributed by atoms with van der Waals surface area (Å²) in [4.78, 5) is 24.5. The first-order valence-electron chi connectivity index (χ1n) is 9.95. The number of rotatable bonds is 6. The first-order valence-corrected chi connectivity index (χ1v) is 9.95. The van der Waals surface area contributed by atoms with Gasteiger partial charge in [0.15, 0.2) is 0 Å². The third-order valence-corrected chi connectivity index (χ3v) is 5.66. The van der Waals surface area contributed by atoms with Gasteiger partial charge in [-0.2, -0.15) is 0 Å². The molecule has 2 aromatic rings. The summed E-state index contributed by atoms with van der Waals surface area (Å²) in [5.74, 6) is 2.63. The van der Waals surface area contributed by atoms with Gasteiger partial charge >= 0.3 is 0 Å². The summed E-state index contributed by atoms with van der Waals surface area (Å²) in [7, 11) is 3.34. The van der Waals surface area contributed by atoms with Crippen molar-refractivity contribution in [2.24, 2.45) is 0 Å². The number of aromatic nitrogens is 2. The molecule has 0 spiro atoms. The second-order valence-corrected chi connectivity index (χ2v) is 7.63. The molecule has 0 aliphatic carbocycles. The molecule has 150 valence electrons. The molecular weight excluding hydrogens is 356 g/mol. The van der Waals surface area contributed by atoms with Gasteiger partial charge < -0.3 is 14.4 Å². The van der Waals surface area contributed by atoms with Gasteiger partial charge in [0.05, 0.1) is 19.9 Å². The van der Waals surface area contributed by atoms with E-state index in [1.807, 2.05) is 18.2 Å².